The average Bonchev–Trinajstić information content (AvgIpc) is 2.34. The summed E-state index contributed by atoms with van der Waals surface area (Å²) in [6.07, 6.45) is 1.51. The Morgan fingerprint density at radius 3 is 2.89 bits per heavy atom. The van der Waals surface area contributed by atoms with Gasteiger partial charge in [-0.3, -0.25) is 4.79 Å². The molecule has 2 rings (SSSR count). The van der Waals surface area contributed by atoms with Crippen LogP contribution in [0.2, 0.25) is 5.02 Å². The van der Waals surface area contributed by atoms with Gasteiger partial charge in [-0.05, 0) is 30.3 Å². The van der Waals surface area contributed by atoms with E-state index < -0.39 is 5.91 Å². The number of benzene rings is 1. The molecule has 1 heterocycles. The second-order valence-corrected chi connectivity index (χ2v) is 3.99. The highest BCUT2D eigenvalue weighted by molar-refractivity contribution is 6.31. The van der Waals surface area contributed by atoms with Crippen LogP contribution < -0.4 is 11.1 Å². The third-order valence-corrected chi connectivity index (χ3v) is 2.52. The first-order chi connectivity index (χ1) is 8.58. The van der Waals surface area contributed by atoms with E-state index in [0.717, 1.165) is 0 Å². The van der Waals surface area contributed by atoms with Crippen LogP contribution in [-0.4, -0.2) is 16.0 Å². The molecule has 0 unspecified atom stereocenters. The van der Waals surface area contributed by atoms with Gasteiger partial charge in [0.25, 0.3) is 5.91 Å². The zero-order chi connectivity index (χ0) is 13.1. The highest BCUT2D eigenvalue weighted by Gasteiger charge is 2.10. The second kappa shape index (κ2) is 4.93. The van der Waals surface area contributed by atoms with Gasteiger partial charge in [0, 0.05) is 11.2 Å². The van der Waals surface area contributed by atoms with Crippen LogP contribution in [0, 0.1) is 0 Å². The van der Waals surface area contributed by atoms with Crippen LogP contribution in [0.3, 0.4) is 0 Å². The van der Waals surface area contributed by atoms with Gasteiger partial charge in [0.15, 0.2) is 0 Å². The number of aromatic nitrogens is 1. The molecule has 0 bridgehead atoms. The normalized spacial score (nSPS) is 10.1. The number of phenols is 1. The molecule has 0 saturated carbocycles. The van der Waals surface area contributed by atoms with Gasteiger partial charge in [-0.25, -0.2) is 4.98 Å². The van der Waals surface area contributed by atoms with Gasteiger partial charge in [-0.15, -0.1) is 0 Å². The zero-order valence-electron chi connectivity index (χ0n) is 9.22. The maximum atomic E-state index is 11.2. The summed E-state index contributed by atoms with van der Waals surface area (Å²) in [7, 11) is 0. The molecule has 1 amide bonds. The lowest BCUT2D eigenvalue weighted by molar-refractivity contribution is 0.100. The third-order valence-electron chi connectivity index (χ3n) is 2.28. The Morgan fingerprint density at radius 2 is 2.17 bits per heavy atom. The predicted octanol–water partition coefficient (Wildman–Crippen LogP) is 2.28. The molecular weight excluding hydrogens is 254 g/mol. The van der Waals surface area contributed by atoms with Crippen LogP contribution in [0.15, 0.2) is 36.5 Å². The summed E-state index contributed by atoms with van der Waals surface area (Å²) < 4.78 is 0. The fourth-order valence-corrected chi connectivity index (χ4v) is 1.61. The molecule has 5 nitrogen and oxygen atoms in total. The molecule has 0 aliphatic carbocycles. The monoisotopic (exact) mass is 263 g/mol. The lowest BCUT2D eigenvalue weighted by Crippen LogP contribution is -2.14. The summed E-state index contributed by atoms with van der Waals surface area (Å²) in [4.78, 5) is 15.2. The quantitative estimate of drug-likeness (QED) is 0.741. The largest absolute Gasteiger partial charge is 0.506 e. The molecule has 0 saturated heterocycles. The first-order valence-corrected chi connectivity index (χ1v) is 5.46. The SMILES string of the molecule is NC(=O)c1cccnc1Nc1cc(Cl)ccc1O. The number of halogens is 1. The number of rotatable bonds is 3. The Balaban J connectivity index is 2.40. The highest BCUT2D eigenvalue weighted by atomic mass is 35.5. The third kappa shape index (κ3) is 2.52. The van der Waals surface area contributed by atoms with Crippen molar-refractivity contribution < 1.29 is 9.90 Å². The van der Waals surface area contributed by atoms with E-state index in [2.05, 4.69) is 10.3 Å². The summed E-state index contributed by atoms with van der Waals surface area (Å²) >= 11 is 5.82. The predicted molar refractivity (Wildman–Crippen MR) is 69.2 cm³/mol. The van der Waals surface area contributed by atoms with E-state index in [1.165, 1.54) is 18.3 Å². The number of primary amides is 1. The summed E-state index contributed by atoms with van der Waals surface area (Å²) in [5.41, 5.74) is 5.81. The molecule has 1 aromatic carbocycles. The van der Waals surface area contributed by atoms with E-state index >= 15 is 0 Å². The molecule has 0 aliphatic heterocycles. The summed E-state index contributed by atoms with van der Waals surface area (Å²) in [5, 5.41) is 12.9. The lowest BCUT2D eigenvalue weighted by Gasteiger charge is -2.10. The minimum atomic E-state index is -0.605. The number of nitrogens with two attached hydrogens (primary N) is 1. The van der Waals surface area contributed by atoms with Gasteiger partial charge in [0.2, 0.25) is 0 Å². The maximum absolute atomic E-state index is 11.2. The Morgan fingerprint density at radius 1 is 1.39 bits per heavy atom. The van der Waals surface area contributed by atoms with Crippen molar-refractivity contribution in [2.24, 2.45) is 5.73 Å². The second-order valence-electron chi connectivity index (χ2n) is 3.55. The first kappa shape index (κ1) is 12.2. The number of nitrogens with one attached hydrogen (secondary N) is 1. The fraction of sp³-hybridized carbons (Fsp3) is 0. The van der Waals surface area contributed by atoms with Crippen molar-refractivity contribution in [1.29, 1.82) is 0 Å². The van der Waals surface area contributed by atoms with Crippen LogP contribution in [0.25, 0.3) is 0 Å². The van der Waals surface area contributed by atoms with E-state index in [4.69, 9.17) is 17.3 Å². The Labute approximate surface area is 108 Å². The molecule has 92 valence electrons. The van der Waals surface area contributed by atoms with Crippen molar-refractivity contribution in [2.75, 3.05) is 5.32 Å². The number of nitrogens with zero attached hydrogens (tertiary/aromatic N) is 1. The number of carbonyl (C=O) groups excluding carboxylic acids is 1. The first-order valence-electron chi connectivity index (χ1n) is 5.08. The van der Waals surface area contributed by atoms with Crippen LogP contribution in [-0.2, 0) is 0 Å². The van der Waals surface area contributed by atoms with Crippen molar-refractivity contribution in [3.63, 3.8) is 0 Å². The number of hydrogen-bond donors (Lipinski definition) is 3. The number of carbonyl (C=O) groups is 1. The summed E-state index contributed by atoms with van der Waals surface area (Å²) in [6, 6.07) is 7.66. The van der Waals surface area contributed by atoms with E-state index in [9.17, 15) is 9.90 Å². The number of phenolic OH excluding ortho intramolecular Hbond substituents is 1. The molecule has 2 aromatic rings. The van der Waals surface area contributed by atoms with Crippen LogP contribution in [0.1, 0.15) is 10.4 Å². The van der Waals surface area contributed by atoms with Gasteiger partial charge >= 0.3 is 0 Å². The minimum Gasteiger partial charge on any atom is -0.506 e. The van der Waals surface area contributed by atoms with E-state index in [0.29, 0.717) is 10.7 Å². The number of anilines is 2. The van der Waals surface area contributed by atoms with Gasteiger partial charge in [-0.1, -0.05) is 11.6 Å². The van der Waals surface area contributed by atoms with Crippen molar-refractivity contribution in [3.05, 3.63) is 47.1 Å². The fourth-order valence-electron chi connectivity index (χ4n) is 1.44. The molecule has 0 atom stereocenters. The molecule has 6 heteroatoms. The smallest absolute Gasteiger partial charge is 0.252 e. The van der Waals surface area contributed by atoms with Gasteiger partial charge in [-0.2, -0.15) is 0 Å². The number of hydrogen-bond acceptors (Lipinski definition) is 4. The summed E-state index contributed by atoms with van der Waals surface area (Å²) in [6.45, 7) is 0. The topological polar surface area (TPSA) is 88.2 Å². The van der Waals surface area contributed by atoms with E-state index in [1.54, 1.807) is 18.2 Å². The molecular formula is C12H10ClN3O2. The van der Waals surface area contributed by atoms with Crippen LogP contribution >= 0.6 is 11.6 Å². The molecule has 18 heavy (non-hydrogen) atoms. The number of pyridine rings is 1. The van der Waals surface area contributed by atoms with Crippen molar-refractivity contribution in [1.82, 2.24) is 4.98 Å². The molecule has 0 fully saturated rings. The van der Waals surface area contributed by atoms with Crippen LogP contribution in [0.5, 0.6) is 5.75 Å². The molecule has 0 spiro atoms. The molecule has 1 aromatic heterocycles. The Hall–Kier alpha value is -2.27. The lowest BCUT2D eigenvalue weighted by atomic mass is 10.2. The minimum absolute atomic E-state index is 0.000438. The highest BCUT2D eigenvalue weighted by Crippen LogP contribution is 2.29. The van der Waals surface area contributed by atoms with Crippen molar-refractivity contribution in [3.8, 4) is 5.75 Å². The van der Waals surface area contributed by atoms with Gasteiger partial charge in [0.05, 0.1) is 11.3 Å². The average molecular weight is 264 g/mol. The summed E-state index contributed by atoms with van der Waals surface area (Å²) in [5.74, 6) is -0.338. The zero-order valence-corrected chi connectivity index (χ0v) is 9.98. The van der Waals surface area contributed by atoms with E-state index in [-0.39, 0.29) is 17.1 Å². The maximum Gasteiger partial charge on any atom is 0.252 e. The van der Waals surface area contributed by atoms with Crippen molar-refractivity contribution >= 4 is 29.0 Å². The Bertz CT molecular complexity index is 602. The van der Waals surface area contributed by atoms with E-state index in [1.807, 2.05) is 0 Å². The standard InChI is InChI=1S/C12H10ClN3O2/c13-7-3-4-10(17)9(6-7)16-12-8(11(14)18)2-1-5-15-12/h1-6,17H,(H2,14,18)(H,15,16). The molecule has 4 N–H and O–H groups in total. The number of amides is 1. The van der Waals surface area contributed by atoms with Crippen molar-refractivity contribution in [2.45, 2.75) is 0 Å². The van der Waals surface area contributed by atoms with Gasteiger partial charge < -0.3 is 16.2 Å². The number of aromatic hydroxyl groups is 1. The van der Waals surface area contributed by atoms with Crippen LogP contribution in [0.4, 0.5) is 11.5 Å². The van der Waals surface area contributed by atoms with Gasteiger partial charge in [0.1, 0.15) is 11.6 Å². The molecule has 0 radical (unpaired) electrons. The Kier molecular flexibility index (Phi) is 3.34. The molecule has 0 aliphatic rings.